The maximum atomic E-state index is 11.1. The molecule has 0 bridgehead atoms. The van der Waals surface area contributed by atoms with Crippen LogP contribution in [0.1, 0.15) is 12.8 Å². The predicted molar refractivity (Wildman–Crippen MR) is 68.5 cm³/mol. The number of aliphatic hydroxyl groups excluding tert-OH is 2. The van der Waals surface area contributed by atoms with Gasteiger partial charge >= 0.3 is 0 Å². The van der Waals surface area contributed by atoms with Crippen molar-refractivity contribution in [2.75, 3.05) is 19.8 Å². The zero-order chi connectivity index (χ0) is 14.3. The van der Waals surface area contributed by atoms with E-state index in [9.17, 15) is 9.90 Å². The van der Waals surface area contributed by atoms with E-state index in [0.717, 1.165) is 0 Å². The summed E-state index contributed by atoms with van der Waals surface area (Å²) in [7, 11) is 5.24. The van der Waals surface area contributed by atoms with Gasteiger partial charge in [0, 0.05) is 13.0 Å². The van der Waals surface area contributed by atoms with Crippen molar-refractivity contribution in [3.63, 3.8) is 0 Å². The predicted octanol–water partition coefficient (Wildman–Crippen LogP) is -2.11. The molecule has 0 saturated carbocycles. The van der Waals surface area contributed by atoms with Gasteiger partial charge in [0.05, 0.1) is 33.2 Å². The lowest BCUT2D eigenvalue weighted by Crippen LogP contribution is -2.53. The molecule has 108 valence electrons. The van der Waals surface area contributed by atoms with Gasteiger partial charge in [-0.2, -0.15) is 0 Å². The normalized spacial score (nSPS) is 31.1. The second-order valence-electron chi connectivity index (χ2n) is 4.45. The number of aliphatic hydroxyl groups is 2. The van der Waals surface area contributed by atoms with Gasteiger partial charge in [-0.1, -0.05) is 6.32 Å². The van der Waals surface area contributed by atoms with Gasteiger partial charge in [-0.05, 0) is 6.42 Å². The summed E-state index contributed by atoms with van der Waals surface area (Å²) in [6, 6.07) is -0.461. The Hall–Kier alpha value is -0.665. The van der Waals surface area contributed by atoms with E-state index >= 15 is 0 Å². The molecule has 4 unspecified atom stereocenters. The summed E-state index contributed by atoms with van der Waals surface area (Å²) < 4.78 is 10.7. The summed E-state index contributed by atoms with van der Waals surface area (Å²) in [6.45, 7) is 0.279. The van der Waals surface area contributed by atoms with E-state index in [0.29, 0.717) is 19.3 Å². The Balaban J connectivity index is 2.22. The van der Waals surface area contributed by atoms with Gasteiger partial charge in [0.2, 0.25) is 5.91 Å². The standard InChI is InChI=1S/C11H21BN2O5/c12-2-1-10(17)14-3-4-18-11-7(13)5-8(16)9(6-15)19-11/h7-9,11,15-16H,1-6,13H2,(H,14,17). The van der Waals surface area contributed by atoms with Crippen LogP contribution in [0.15, 0.2) is 0 Å². The molecule has 4 atom stereocenters. The molecule has 0 aromatic heterocycles. The topological polar surface area (TPSA) is 114 Å². The van der Waals surface area contributed by atoms with Crippen molar-refractivity contribution >= 4 is 13.8 Å². The summed E-state index contributed by atoms with van der Waals surface area (Å²) in [5, 5.41) is 21.2. The van der Waals surface area contributed by atoms with Gasteiger partial charge in [-0.15, -0.1) is 0 Å². The van der Waals surface area contributed by atoms with Crippen molar-refractivity contribution in [1.29, 1.82) is 0 Å². The number of carbonyl (C=O) groups is 1. The van der Waals surface area contributed by atoms with Crippen LogP contribution in [0.3, 0.4) is 0 Å². The molecule has 0 aromatic carbocycles. The second-order valence-corrected chi connectivity index (χ2v) is 4.45. The monoisotopic (exact) mass is 272 g/mol. The number of hydrogen-bond acceptors (Lipinski definition) is 6. The zero-order valence-electron chi connectivity index (χ0n) is 10.8. The van der Waals surface area contributed by atoms with E-state index in [1.807, 2.05) is 0 Å². The molecule has 1 saturated heterocycles. The minimum atomic E-state index is -0.788. The first-order chi connectivity index (χ1) is 9.08. The van der Waals surface area contributed by atoms with Crippen LogP contribution in [0.5, 0.6) is 0 Å². The number of ether oxygens (including phenoxy) is 2. The molecule has 8 heteroatoms. The molecular formula is C11H21BN2O5. The average Bonchev–Trinajstić information content (AvgIpc) is 2.37. The first-order valence-electron chi connectivity index (χ1n) is 6.36. The third-order valence-corrected chi connectivity index (χ3v) is 2.86. The third kappa shape index (κ3) is 5.46. The molecule has 1 rings (SSSR count). The SMILES string of the molecule is [B]CCC(=O)NCCOC1OC(CO)C(O)CC1N. The minimum absolute atomic E-state index is 0.136. The fourth-order valence-electron chi connectivity index (χ4n) is 1.82. The number of hydrogen-bond donors (Lipinski definition) is 4. The van der Waals surface area contributed by atoms with Crippen LogP contribution in [-0.2, 0) is 14.3 Å². The van der Waals surface area contributed by atoms with Crippen molar-refractivity contribution in [1.82, 2.24) is 5.32 Å². The van der Waals surface area contributed by atoms with Crippen LogP contribution in [0, 0.1) is 0 Å². The van der Waals surface area contributed by atoms with Crippen LogP contribution in [0.25, 0.3) is 0 Å². The largest absolute Gasteiger partial charge is 0.394 e. The molecule has 19 heavy (non-hydrogen) atoms. The lowest BCUT2D eigenvalue weighted by molar-refractivity contribution is -0.236. The van der Waals surface area contributed by atoms with E-state index in [-0.39, 0.29) is 25.5 Å². The summed E-state index contributed by atoms with van der Waals surface area (Å²) in [6.07, 6.45) is -1.28. The number of nitrogens with two attached hydrogens (primary N) is 1. The van der Waals surface area contributed by atoms with Crippen molar-refractivity contribution in [3.05, 3.63) is 0 Å². The quantitative estimate of drug-likeness (QED) is 0.311. The number of nitrogens with one attached hydrogen (secondary N) is 1. The first kappa shape index (κ1) is 16.4. The molecule has 1 amide bonds. The molecule has 7 nitrogen and oxygen atoms in total. The highest BCUT2D eigenvalue weighted by Crippen LogP contribution is 2.19. The van der Waals surface area contributed by atoms with E-state index in [1.165, 1.54) is 0 Å². The molecule has 5 N–H and O–H groups in total. The molecule has 1 aliphatic rings. The molecule has 1 heterocycles. The summed E-state index contributed by atoms with van der Waals surface area (Å²) in [4.78, 5) is 11.1. The Kier molecular flexibility index (Phi) is 7.33. The lowest BCUT2D eigenvalue weighted by atomic mass is 10.0. The highest BCUT2D eigenvalue weighted by Gasteiger charge is 2.35. The molecule has 1 aliphatic heterocycles. The van der Waals surface area contributed by atoms with Gasteiger partial charge in [0.1, 0.15) is 6.10 Å². The maximum Gasteiger partial charge on any atom is 0.219 e. The average molecular weight is 272 g/mol. The van der Waals surface area contributed by atoms with E-state index < -0.39 is 24.5 Å². The Labute approximate surface area is 113 Å². The number of carbonyl (C=O) groups excluding carboxylic acids is 1. The van der Waals surface area contributed by atoms with Gasteiger partial charge < -0.3 is 30.7 Å². The van der Waals surface area contributed by atoms with Crippen molar-refractivity contribution < 1.29 is 24.5 Å². The van der Waals surface area contributed by atoms with Crippen LogP contribution < -0.4 is 11.1 Å². The van der Waals surface area contributed by atoms with Gasteiger partial charge in [-0.25, -0.2) is 0 Å². The Morgan fingerprint density at radius 2 is 2.32 bits per heavy atom. The molecule has 1 fully saturated rings. The Morgan fingerprint density at radius 3 is 2.95 bits per heavy atom. The summed E-state index contributed by atoms with van der Waals surface area (Å²) in [5.74, 6) is -0.136. The minimum Gasteiger partial charge on any atom is -0.394 e. The maximum absolute atomic E-state index is 11.1. The molecule has 0 aromatic rings. The van der Waals surface area contributed by atoms with E-state index in [4.69, 9.17) is 28.2 Å². The van der Waals surface area contributed by atoms with E-state index in [2.05, 4.69) is 5.32 Å². The van der Waals surface area contributed by atoms with Gasteiger partial charge in [0.15, 0.2) is 6.29 Å². The van der Waals surface area contributed by atoms with Crippen LogP contribution in [0.4, 0.5) is 0 Å². The Bertz CT molecular complexity index is 282. The molecule has 2 radical (unpaired) electrons. The van der Waals surface area contributed by atoms with Crippen LogP contribution in [-0.4, -0.2) is 68.3 Å². The third-order valence-electron chi connectivity index (χ3n) is 2.86. The molecular weight excluding hydrogens is 251 g/mol. The van der Waals surface area contributed by atoms with Crippen LogP contribution >= 0.6 is 0 Å². The van der Waals surface area contributed by atoms with Gasteiger partial charge in [-0.3, -0.25) is 4.79 Å². The fraction of sp³-hybridized carbons (Fsp3) is 0.909. The zero-order valence-corrected chi connectivity index (χ0v) is 10.8. The van der Waals surface area contributed by atoms with Crippen molar-refractivity contribution in [3.8, 4) is 0 Å². The second kappa shape index (κ2) is 8.49. The van der Waals surface area contributed by atoms with Crippen molar-refractivity contribution in [2.24, 2.45) is 5.73 Å². The lowest BCUT2D eigenvalue weighted by Gasteiger charge is -2.36. The highest BCUT2D eigenvalue weighted by atomic mass is 16.7. The number of rotatable bonds is 7. The number of amides is 1. The fourth-order valence-corrected chi connectivity index (χ4v) is 1.82. The summed E-state index contributed by atoms with van der Waals surface area (Å²) in [5.41, 5.74) is 5.78. The molecule has 0 aliphatic carbocycles. The van der Waals surface area contributed by atoms with Crippen LogP contribution in [0.2, 0.25) is 6.32 Å². The highest BCUT2D eigenvalue weighted by molar-refractivity contribution is 6.09. The van der Waals surface area contributed by atoms with Gasteiger partial charge in [0.25, 0.3) is 0 Å². The van der Waals surface area contributed by atoms with Crippen molar-refractivity contribution in [2.45, 2.75) is 43.7 Å². The first-order valence-corrected chi connectivity index (χ1v) is 6.36. The smallest absolute Gasteiger partial charge is 0.219 e. The summed E-state index contributed by atoms with van der Waals surface area (Å²) >= 11 is 0. The Morgan fingerprint density at radius 1 is 1.58 bits per heavy atom. The van der Waals surface area contributed by atoms with E-state index in [1.54, 1.807) is 0 Å². The molecule has 0 spiro atoms.